The molecular formula is C25H37N3O2. The lowest BCUT2D eigenvalue weighted by Gasteiger charge is -2.51. The summed E-state index contributed by atoms with van der Waals surface area (Å²) in [7, 11) is 0. The van der Waals surface area contributed by atoms with Gasteiger partial charge in [0.1, 0.15) is 0 Å². The minimum atomic E-state index is -0.0277. The summed E-state index contributed by atoms with van der Waals surface area (Å²) in [6.45, 7) is 4.55. The minimum Gasteiger partial charge on any atom is -0.338 e. The number of likely N-dealkylation sites (tertiary alicyclic amines) is 1. The molecule has 0 radical (unpaired) electrons. The molecule has 5 heteroatoms. The van der Waals surface area contributed by atoms with Crippen molar-refractivity contribution in [2.45, 2.75) is 83.2 Å². The Labute approximate surface area is 181 Å². The Kier molecular flexibility index (Phi) is 6.96. The van der Waals surface area contributed by atoms with Crippen LogP contribution < -0.4 is 5.32 Å². The summed E-state index contributed by atoms with van der Waals surface area (Å²) < 4.78 is 0. The topological polar surface area (TPSA) is 52.7 Å². The van der Waals surface area contributed by atoms with Gasteiger partial charge in [-0.25, -0.2) is 4.79 Å². The molecule has 1 aromatic rings. The molecule has 5 nitrogen and oxygen atoms in total. The van der Waals surface area contributed by atoms with Gasteiger partial charge in [-0.15, -0.1) is 0 Å². The van der Waals surface area contributed by atoms with Gasteiger partial charge in [-0.05, 0) is 43.2 Å². The molecule has 0 aliphatic carbocycles. The standard InChI is InChI=1S/C25H37N3O2/c1-2-3-4-5-6-9-15-26-25(30)28-16-10-13-21-23(28)18-22-20-12-8-7-11-19(20)14-17-27(22)24(21)29/h7-8,11-12,21-23H,2-6,9-10,13-18H2,1H3,(H,26,30). The summed E-state index contributed by atoms with van der Waals surface area (Å²) in [4.78, 5) is 30.4. The van der Waals surface area contributed by atoms with Gasteiger partial charge in [-0.3, -0.25) is 4.79 Å². The maximum atomic E-state index is 13.3. The van der Waals surface area contributed by atoms with Crippen LogP contribution in [0.5, 0.6) is 0 Å². The first-order valence-electron chi connectivity index (χ1n) is 12.1. The van der Waals surface area contributed by atoms with Crippen LogP contribution in [0.25, 0.3) is 0 Å². The Morgan fingerprint density at radius 2 is 1.90 bits per heavy atom. The highest BCUT2D eigenvalue weighted by atomic mass is 16.2. The van der Waals surface area contributed by atoms with Crippen LogP contribution in [0.4, 0.5) is 4.79 Å². The molecule has 3 atom stereocenters. The first-order chi connectivity index (χ1) is 14.7. The molecule has 3 unspecified atom stereocenters. The van der Waals surface area contributed by atoms with Gasteiger partial charge in [0.05, 0.1) is 12.0 Å². The van der Waals surface area contributed by atoms with Gasteiger partial charge in [-0.2, -0.15) is 0 Å². The molecule has 3 heterocycles. The van der Waals surface area contributed by atoms with Crippen molar-refractivity contribution in [2.24, 2.45) is 5.92 Å². The highest BCUT2D eigenvalue weighted by Gasteiger charge is 2.48. The number of carbonyl (C=O) groups excluding carboxylic acids is 2. The number of rotatable bonds is 7. The Balaban J connectivity index is 1.38. The van der Waals surface area contributed by atoms with Crippen molar-refractivity contribution in [3.05, 3.63) is 35.4 Å². The number of nitrogens with one attached hydrogen (secondary N) is 1. The van der Waals surface area contributed by atoms with Gasteiger partial charge < -0.3 is 15.1 Å². The van der Waals surface area contributed by atoms with Gasteiger partial charge in [-0.1, -0.05) is 63.3 Å². The predicted octanol–water partition coefficient (Wildman–Crippen LogP) is 4.67. The van der Waals surface area contributed by atoms with Gasteiger partial charge in [0.25, 0.3) is 0 Å². The molecular weight excluding hydrogens is 374 g/mol. The fourth-order valence-corrected chi connectivity index (χ4v) is 5.70. The average molecular weight is 412 g/mol. The van der Waals surface area contributed by atoms with Crippen molar-refractivity contribution >= 4 is 11.9 Å². The molecule has 3 aliphatic heterocycles. The summed E-state index contributed by atoms with van der Waals surface area (Å²) in [5.74, 6) is 0.235. The Hall–Kier alpha value is -2.04. The Morgan fingerprint density at radius 1 is 1.10 bits per heavy atom. The Morgan fingerprint density at radius 3 is 2.77 bits per heavy atom. The molecule has 30 heavy (non-hydrogen) atoms. The largest absolute Gasteiger partial charge is 0.338 e. The number of amides is 3. The van der Waals surface area contributed by atoms with E-state index < -0.39 is 0 Å². The third kappa shape index (κ3) is 4.35. The van der Waals surface area contributed by atoms with Crippen LogP contribution in [0.3, 0.4) is 0 Å². The van der Waals surface area contributed by atoms with E-state index in [1.165, 1.54) is 43.2 Å². The second kappa shape index (κ2) is 9.84. The summed E-state index contributed by atoms with van der Waals surface area (Å²) in [6, 6.07) is 8.71. The maximum Gasteiger partial charge on any atom is 0.317 e. The molecule has 3 amide bonds. The number of piperidine rings is 2. The van der Waals surface area contributed by atoms with Crippen LogP contribution in [0.2, 0.25) is 0 Å². The second-order valence-electron chi connectivity index (χ2n) is 9.24. The molecule has 2 saturated heterocycles. The van der Waals surface area contributed by atoms with E-state index in [1.54, 1.807) is 0 Å². The van der Waals surface area contributed by atoms with Crippen molar-refractivity contribution in [3.8, 4) is 0 Å². The molecule has 0 bridgehead atoms. The fraction of sp³-hybridized carbons (Fsp3) is 0.680. The van der Waals surface area contributed by atoms with Gasteiger partial charge in [0, 0.05) is 25.7 Å². The lowest BCUT2D eigenvalue weighted by Crippen LogP contribution is -2.61. The lowest BCUT2D eigenvalue weighted by molar-refractivity contribution is -0.148. The first kappa shape index (κ1) is 21.2. The number of nitrogens with zero attached hydrogens (tertiary/aromatic N) is 2. The zero-order valence-corrected chi connectivity index (χ0v) is 18.4. The smallest absolute Gasteiger partial charge is 0.317 e. The van der Waals surface area contributed by atoms with Crippen molar-refractivity contribution < 1.29 is 9.59 Å². The number of carbonyl (C=O) groups is 2. The summed E-state index contributed by atoms with van der Waals surface area (Å²) in [5.41, 5.74) is 2.65. The van der Waals surface area contributed by atoms with E-state index in [1.807, 2.05) is 4.90 Å². The predicted molar refractivity (Wildman–Crippen MR) is 119 cm³/mol. The quantitative estimate of drug-likeness (QED) is 0.663. The van der Waals surface area contributed by atoms with Crippen LogP contribution in [0, 0.1) is 5.92 Å². The monoisotopic (exact) mass is 411 g/mol. The van der Waals surface area contributed by atoms with Crippen molar-refractivity contribution in [1.29, 1.82) is 0 Å². The second-order valence-corrected chi connectivity index (χ2v) is 9.24. The highest BCUT2D eigenvalue weighted by Crippen LogP contribution is 2.43. The van der Waals surface area contributed by atoms with Crippen LogP contribution in [-0.4, -0.2) is 47.4 Å². The number of fused-ring (bicyclic) bond motifs is 4. The van der Waals surface area contributed by atoms with E-state index in [0.29, 0.717) is 0 Å². The zero-order chi connectivity index (χ0) is 20.9. The van der Waals surface area contributed by atoms with E-state index in [4.69, 9.17) is 0 Å². The molecule has 1 N–H and O–H groups in total. The van der Waals surface area contributed by atoms with E-state index in [9.17, 15) is 9.59 Å². The normalized spacial score (nSPS) is 25.4. The number of unbranched alkanes of at least 4 members (excludes halogenated alkanes) is 5. The van der Waals surface area contributed by atoms with E-state index in [-0.39, 0.29) is 29.9 Å². The molecule has 2 fully saturated rings. The SMILES string of the molecule is CCCCCCCCNC(=O)N1CCCC2C(=O)N3CCc4ccccc4C3CC21. The molecule has 164 valence electrons. The fourth-order valence-electron chi connectivity index (χ4n) is 5.70. The summed E-state index contributed by atoms with van der Waals surface area (Å²) in [5, 5.41) is 3.14. The zero-order valence-electron chi connectivity index (χ0n) is 18.4. The molecule has 3 aliphatic rings. The van der Waals surface area contributed by atoms with Gasteiger partial charge >= 0.3 is 6.03 Å². The van der Waals surface area contributed by atoms with Crippen LogP contribution in [0.1, 0.15) is 81.9 Å². The van der Waals surface area contributed by atoms with Crippen molar-refractivity contribution in [1.82, 2.24) is 15.1 Å². The first-order valence-corrected chi connectivity index (χ1v) is 12.1. The molecule has 0 aromatic heterocycles. The van der Waals surface area contributed by atoms with Gasteiger partial charge in [0.15, 0.2) is 0 Å². The van der Waals surface area contributed by atoms with Crippen LogP contribution in [0.15, 0.2) is 24.3 Å². The Bertz CT molecular complexity index is 750. The van der Waals surface area contributed by atoms with Crippen LogP contribution >= 0.6 is 0 Å². The number of hydrogen-bond donors (Lipinski definition) is 1. The van der Waals surface area contributed by atoms with Crippen molar-refractivity contribution in [3.63, 3.8) is 0 Å². The maximum absolute atomic E-state index is 13.3. The third-order valence-corrected chi connectivity index (χ3v) is 7.32. The molecule has 0 spiro atoms. The number of benzene rings is 1. The van der Waals surface area contributed by atoms with E-state index >= 15 is 0 Å². The number of hydrogen-bond acceptors (Lipinski definition) is 2. The minimum absolute atomic E-state index is 0.0277. The number of urea groups is 1. The van der Waals surface area contributed by atoms with Crippen molar-refractivity contribution in [2.75, 3.05) is 19.6 Å². The molecule has 1 aromatic carbocycles. The van der Waals surface area contributed by atoms with Gasteiger partial charge in [0.2, 0.25) is 5.91 Å². The summed E-state index contributed by atoms with van der Waals surface area (Å²) >= 11 is 0. The third-order valence-electron chi connectivity index (χ3n) is 7.32. The molecule has 0 saturated carbocycles. The summed E-state index contributed by atoms with van der Waals surface area (Å²) in [6.07, 6.45) is 11.0. The van der Waals surface area contributed by atoms with E-state index in [0.717, 1.165) is 51.7 Å². The average Bonchev–Trinajstić information content (AvgIpc) is 2.78. The molecule has 4 rings (SSSR count). The van der Waals surface area contributed by atoms with Crippen LogP contribution in [-0.2, 0) is 11.2 Å². The lowest BCUT2D eigenvalue weighted by atomic mass is 9.76. The van der Waals surface area contributed by atoms with E-state index in [2.05, 4.69) is 41.4 Å². The highest BCUT2D eigenvalue weighted by molar-refractivity contribution is 5.83.